The first-order valence-electron chi connectivity index (χ1n) is 6.67. The second-order valence-electron chi connectivity index (χ2n) is 4.88. The highest BCUT2D eigenvalue weighted by molar-refractivity contribution is 7.99. The summed E-state index contributed by atoms with van der Waals surface area (Å²) in [6.07, 6.45) is 0. The first-order valence-corrected chi connectivity index (χ1v) is 7.86. The number of anilines is 1. The third-order valence-corrected chi connectivity index (χ3v) is 4.56. The van der Waals surface area contributed by atoms with Crippen LogP contribution in [-0.2, 0) is 0 Å². The van der Waals surface area contributed by atoms with Crippen LogP contribution in [0.5, 0.6) is 0 Å². The topological polar surface area (TPSA) is 42.2 Å². The van der Waals surface area contributed by atoms with Crippen LogP contribution in [0.2, 0.25) is 5.02 Å². The Morgan fingerprint density at radius 3 is 2.73 bits per heavy atom. The number of hydrogen-bond donors (Lipinski definition) is 1. The van der Waals surface area contributed by atoms with Crippen molar-refractivity contribution in [2.24, 2.45) is 0 Å². The fraction of sp³-hybridized carbons (Fsp3) is 0.200. The second kappa shape index (κ2) is 5.78. The maximum Gasteiger partial charge on any atom is 0.171 e. The van der Waals surface area contributed by atoms with Crippen LogP contribution in [0, 0.1) is 19.7 Å². The van der Waals surface area contributed by atoms with Crippen molar-refractivity contribution >= 4 is 34.8 Å². The molecule has 0 atom stereocenters. The molecule has 0 spiro atoms. The van der Waals surface area contributed by atoms with Crippen LogP contribution in [0.25, 0.3) is 5.65 Å². The van der Waals surface area contributed by atoms with Crippen LogP contribution in [-0.4, -0.2) is 21.6 Å². The molecule has 0 amide bonds. The molecule has 2 aromatic heterocycles. The lowest BCUT2D eigenvalue weighted by Gasteiger charge is -2.04. The number of fused-ring (bicyclic) bond motifs is 1. The highest BCUT2D eigenvalue weighted by atomic mass is 35.5. The van der Waals surface area contributed by atoms with Gasteiger partial charge < -0.3 is 5.32 Å². The fourth-order valence-electron chi connectivity index (χ4n) is 2.22. The van der Waals surface area contributed by atoms with Gasteiger partial charge >= 0.3 is 0 Å². The molecule has 22 heavy (non-hydrogen) atoms. The third-order valence-electron chi connectivity index (χ3n) is 3.20. The maximum atomic E-state index is 13.3. The van der Waals surface area contributed by atoms with E-state index in [1.54, 1.807) is 16.6 Å². The highest BCUT2D eigenvalue weighted by Crippen LogP contribution is 2.37. The predicted molar refractivity (Wildman–Crippen MR) is 87.5 cm³/mol. The summed E-state index contributed by atoms with van der Waals surface area (Å²) >= 11 is 7.31. The Hall–Kier alpha value is -1.79. The molecule has 3 aromatic rings. The lowest BCUT2D eigenvalue weighted by molar-refractivity contribution is 0.627. The summed E-state index contributed by atoms with van der Waals surface area (Å²) in [6, 6.07) is 6.63. The minimum atomic E-state index is -0.426. The molecule has 0 saturated heterocycles. The monoisotopic (exact) mass is 336 g/mol. The van der Waals surface area contributed by atoms with Gasteiger partial charge in [-0.1, -0.05) is 23.4 Å². The van der Waals surface area contributed by atoms with Gasteiger partial charge in [0.1, 0.15) is 10.7 Å². The van der Waals surface area contributed by atoms with E-state index >= 15 is 0 Å². The Balaban J connectivity index is 2.14. The minimum absolute atomic E-state index is 0.104. The van der Waals surface area contributed by atoms with Gasteiger partial charge in [0.05, 0.1) is 5.02 Å². The first kappa shape index (κ1) is 15.1. The van der Waals surface area contributed by atoms with Crippen molar-refractivity contribution in [3.8, 4) is 0 Å². The summed E-state index contributed by atoms with van der Waals surface area (Å²) in [4.78, 5) is 6.29. The Morgan fingerprint density at radius 1 is 1.27 bits per heavy atom. The van der Waals surface area contributed by atoms with Crippen LogP contribution in [0.3, 0.4) is 0 Å². The van der Waals surface area contributed by atoms with Crippen molar-refractivity contribution in [1.29, 1.82) is 0 Å². The SMILES string of the molecule is CNc1nn2c(C)cc(C)nc2c1Sc1ccc(F)c(Cl)c1. The summed E-state index contributed by atoms with van der Waals surface area (Å²) in [7, 11) is 1.81. The molecule has 0 aliphatic heterocycles. The van der Waals surface area contributed by atoms with Crippen molar-refractivity contribution in [3.63, 3.8) is 0 Å². The molecular formula is C15H14ClFN4S. The van der Waals surface area contributed by atoms with Gasteiger partial charge in [-0.2, -0.15) is 0 Å². The normalized spacial score (nSPS) is 11.1. The van der Waals surface area contributed by atoms with Gasteiger partial charge in [0, 0.05) is 23.3 Å². The number of hydrogen-bond acceptors (Lipinski definition) is 4. The van der Waals surface area contributed by atoms with Crippen molar-refractivity contribution in [2.75, 3.05) is 12.4 Å². The third kappa shape index (κ3) is 2.64. The summed E-state index contributed by atoms with van der Waals surface area (Å²) < 4.78 is 15.1. The summed E-state index contributed by atoms with van der Waals surface area (Å²) in [5, 5.41) is 7.71. The second-order valence-corrected chi connectivity index (χ2v) is 6.37. The number of rotatable bonds is 3. The smallest absolute Gasteiger partial charge is 0.171 e. The van der Waals surface area contributed by atoms with Gasteiger partial charge in [0.2, 0.25) is 0 Å². The van der Waals surface area contributed by atoms with Crippen molar-refractivity contribution in [3.05, 3.63) is 46.5 Å². The molecule has 3 rings (SSSR count). The Morgan fingerprint density at radius 2 is 2.05 bits per heavy atom. The van der Waals surface area contributed by atoms with Gasteiger partial charge in [-0.25, -0.2) is 13.9 Å². The molecular weight excluding hydrogens is 323 g/mol. The van der Waals surface area contributed by atoms with Gasteiger partial charge in [0.25, 0.3) is 0 Å². The molecule has 0 unspecified atom stereocenters. The zero-order valence-corrected chi connectivity index (χ0v) is 13.9. The van der Waals surface area contributed by atoms with Crippen LogP contribution in [0.1, 0.15) is 11.4 Å². The van der Waals surface area contributed by atoms with Crippen molar-refractivity contribution in [1.82, 2.24) is 14.6 Å². The summed E-state index contributed by atoms with van der Waals surface area (Å²) in [5.74, 6) is 0.302. The van der Waals surface area contributed by atoms with Crippen LogP contribution in [0.15, 0.2) is 34.1 Å². The minimum Gasteiger partial charge on any atom is -0.371 e. The summed E-state index contributed by atoms with van der Waals surface area (Å²) in [5.41, 5.74) is 2.70. The molecule has 0 aliphatic rings. The van der Waals surface area contributed by atoms with E-state index in [1.165, 1.54) is 17.8 Å². The molecule has 2 heterocycles. The molecule has 7 heteroatoms. The number of halogens is 2. The first-order chi connectivity index (χ1) is 10.5. The van der Waals surface area contributed by atoms with Gasteiger partial charge in [0.15, 0.2) is 11.5 Å². The number of aryl methyl sites for hydroxylation is 2. The van der Waals surface area contributed by atoms with E-state index in [0.29, 0.717) is 0 Å². The lowest BCUT2D eigenvalue weighted by atomic mass is 10.3. The van der Waals surface area contributed by atoms with Gasteiger partial charge in [-0.05, 0) is 38.1 Å². The molecule has 0 bridgehead atoms. The van der Waals surface area contributed by atoms with Crippen molar-refractivity contribution < 1.29 is 4.39 Å². The molecule has 1 aromatic carbocycles. The Labute approximate surface area is 136 Å². The zero-order chi connectivity index (χ0) is 15.9. The average molecular weight is 337 g/mol. The average Bonchev–Trinajstić information content (AvgIpc) is 2.81. The van der Waals surface area contributed by atoms with E-state index in [1.807, 2.05) is 27.0 Å². The fourth-order valence-corrected chi connectivity index (χ4v) is 3.47. The van der Waals surface area contributed by atoms with E-state index < -0.39 is 5.82 Å². The van der Waals surface area contributed by atoms with E-state index in [-0.39, 0.29) is 5.02 Å². The van der Waals surface area contributed by atoms with Crippen molar-refractivity contribution in [2.45, 2.75) is 23.6 Å². The largest absolute Gasteiger partial charge is 0.371 e. The number of benzene rings is 1. The Bertz CT molecular complexity index is 862. The Kier molecular flexibility index (Phi) is 3.97. The van der Waals surface area contributed by atoms with E-state index in [0.717, 1.165) is 32.6 Å². The van der Waals surface area contributed by atoms with E-state index in [4.69, 9.17) is 11.6 Å². The molecule has 4 nitrogen and oxygen atoms in total. The van der Waals surface area contributed by atoms with Crippen LogP contribution >= 0.6 is 23.4 Å². The van der Waals surface area contributed by atoms with Gasteiger partial charge in [-0.3, -0.25) is 0 Å². The predicted octanol–water partition coefficient (Wildman–Crippen LogP) is 4.33. The van der Waals surface area contributed by atoms with Crippen LogP contribution in [0.4, 0.5) is 10.2 Å². The molecule has 0 radical (unpaired) electrons. The molecule has 1 N–H and O–H groups in total. The van der Waals surface area contributed by atoms with Crippen LogP contribution < -0.4 is 5.32 Å². The van der Waals surface area contributed by atoms with E-state index in [2.05, 4.69) is 15.4 Å². The maximum absolute atomic E-state index is 13.3. The molecule has 0 fully saturated rings. The standard InChI is InChI=1S/C15H14ClFN4S/c1-8-6-9(2)21-15(19-8)13(14(18-3)20-21)22-10-4-5-12(17)11(16)7-10/h4-7H,1-3H3,(H,18,20). The quantitative estimate of drug-likeness (QED) is 0.773. The zero-order valence-electron chi connectivity index (χ0n) is 12.3. The number of nitrogens with one attached hydrogen (secondary N) is 1. The molecule has 0 aliphatic carbocycles. The molecule has 114 valence electrons. The highest BCUT2D eigenvalue weighted by Gasteiger charge is 2.16. The molecule has 0 saturated carbocycles. The number of nitrogens with zero attached hydrogens (tertiary/aromatic N) is 3. The lowest BCUT2D eigenvalue weighted by Crippen LogP contribution is -1.97. The number of aromatic nitrogens is 3. The summed E-state index contributed by atoms with van der Waals surface area (Å²) in [6.45, 7) is 3.93. The van der Waals surface area contributed by atoms with Gasteiger partial charge in [-0.15, -0.1) is 5.10 Å². The van der Waals surface area contributed by atoms with E-state index in [9.17, 15) is 4.39 Å².